The lowest BCUT2D eigenvalue weighted by molar-refractivity contribution is 1.17. The molecule has 0 spiro atoms. The van der Waals surface area contributed by atoms with E-state index in [1.54, 1.807) is 0 Å². The molecule has 0 aliphatic heterocycles. The first kappa shape index (κ1) is 29.5. The van der Waals surface area contributed by atoms with Crippen LogP contribution in [0.4, 0.5) is 0 Å². The van der Waals surface area contributed by atoms with Gasteiger partial charge < -0.3 is 9.13 Å². The van der Waals surface area contributed by atoms with E-state index in [4.69, 9.17) is 0 Å². The van der Waals surface area contributed by atoms with Crippen molar-refractivity contribution in [2.75, 3.05) is 0 Å². The Morgan fingerprint density at radius 2 is 0.745 bits per heavy atom. The van der Waals surface area contributed by atoms with Crippen LogP contribution in [0.25, 0.3) is 55.0 Å². The summed E-state index contributed by atoms with van der Waals surface area (Å²) in [6.07, 6.45) is 0. The molecule has 0 fully saturated rings. The second-order valence-corrected chi connectivity index (χ2v) is 17.0. The molecule has 2 heterocycles. The molecule has 2 nitrogen and oxygen atoms in total. The molecule has 10 aromatic rings. The van der Waals surface area contributed by atoms with Gasteiger partial charge >= 0.3 is 0 Å². The van der Waals surface area contributed by atoms with Crippen molar-refractivity contribution in [2.24, 2.45) is 0 Å². The Bertz CT molecular complexity index is 2730. The van der Waals surface area contributed by atoms with Crippen LogP contribution in [0, 0.1) is 0 Å². The third kappa shape index (κ3) is 4.35. The van der Waals surface area contributed by atoms with Crippen molar-refractivity contribution in [3.8, 4) is 11.4 Å². The minimum Gasteiger partial charge on any atom is -0.309 e. The van der Waals surface area contributed by atoms with Crippen molar-refractivity contribution in [2.45, 2.75) is 0 Å². The van der Waals surface area contributed by atoms with Gasteiger partial charge in [-0.2, -0.15) is 0 Å². The molecule has 0 saturated carbocycles. The normalized spacial score (nSPS) is 11.9. The highest BCUT2D eigenvalue weighted by molar-refractivity contribution is 7.20. The summed E-state index contributed by atoms with van der Waals surface area (Å²) in [7, 11) is -2.91. The molecule has 240 valence electrons. The molecule has 0 amide bonds. The summed E-state index contributed by atoms with van der Waals surface area (Å²) < 4.78 is 4.98. The summed E-state index contributed by atoms with van der Waals surface area (Å²) in [6, 6.07) is 76.2. The van der Waals surface area contributed by atoms with Gasteiger partial charge in [0, 0.05) is 32.9 Å². The lowest BCUT2D eigenvalue weighted by atomic mass is 10.1. The molecule has 0 bridgehead atoms. The van der Waals surface area contributed by atoms with E-state index < -0.39 is 8.07 Å². The van der Waals surface area contributed by atoms with E-state index >= 15 is 0 Å². The van der Waals surface area contributed by atoms with Gasteiger partial charge in [-0.1, -0.05) is 164 Å². The van der Waals surface area contributed by atoms with E-state index in [0.29, 0.717) is 0 Å². The fourth-order valence-corrected chi connectivity index (χ4v) is 13.6. The highest BCUT2D eigenvalue weighted by Gasteiger charge is 2.43. The van der Waals surface area contributed by atoms with Gasteiger partial charge in [0.05, 0.1) is 22.1 Å². The van der Waals surface area contributed by atoms with Gasteiger partial charge in [-0.3, -0.25) is 0 Å². The number of aromatic nitrogens is 2. The molecule has 0 unspecified atom stereocenters. The Hall–Kier alpha value is -6.42. The molecule has 0 aliphatic rings. The zero-order valence-electron chi connectivity index (χ0n) is 28.0. The second-order valence-electron chi connectivity index (χ2n) is 13.3. The number of rotatable bonds is 6. The van der Waals surface area contributed by atoms with Crippen LogP contribution in [0.15, 0.2) is 206 Å². The molecular weight excluding hydrogens is 633 g/mol. The Morgan fingerprint density at radius 1 is 0.294 bits per heavy atom. The van der Waals surface area contributed by atoms with Crippen LogP contribution in [0.1, 0.15) is 0 Å². The largest absolute Gasteiger partial charge is 0.309 e. The maximum atomic E-state index is 2.50. The van der Waals surface area contributed by atoms with Crippen LogP contribution >= 0.6 is 0 Å². The first-order valence-corrected chi connectivity index (χ1v) is 19.6. The molecule has 3 heteroatoms. The second kappa shape index (κ2) is 11.9. The minimum atomic E-state index is -2.91. The third-order valence-electron chi connectivity index (χ3n) is 10.6. The molecule has 51 heavy (non-hydrogen) atoms. The molecule has 10 rings (SSSR count). The van der Waals surface area contributed by atoms with E-state index in [1.807, 2.05) is 0 Å². The predicted octanol–water partition coefficient (Wildman–Crippen LogP) is 9.26. The maximum absolute atomic E-state index is 2.91. The lowest BCUT2D eigenvalue weighted by Crippen LogP contribution is -2.74. The number of hydrogen-bond acceptors (Lipinski definition) is 0. The van der Waals surface area contributed by atoms with E-state index in [1.165, 1.54) is 64.4 Å². The van der Waals surface area contributed by atoms with Gasteiger partial charge in [0.2, 0.25) is 0 Å². The fourth-order valence-electron chi connectivity index (χ4n) is 8.64. The van der Waals surface area contributed by atoms with Crippen LogP contribution in [0.2, 0.25) is 0 Å². The zero-order valence-corrected chi connectivity index (χ0v) is 29.0. The van der Waals surface area contributed by atoms with Gasteiger partial charge in [-0.15, -0.1) is 0 Å². The quantitative estimate of drug-likeness (QED) is 0.124. The average molecular weight is 667 g/mol. The van der Waals surface area contributed by atoms with Crippen LogP contribution < -0.4 is 20.7 Å². The lowest BCUT2D eigenvalue weighted by Gasteiger charge is -2.35. The molecule has 8 aromatic carbocycles. The van der Waals surface area contributed by atoms with Crippen molar-refractivity contribution < 1.29 is 0 Å². The summed E-state index contributed by atoms with van der Waals surface area (Å²) in [4.78, 5) is 0. The van der Waals surface area contributed by atoms with E-state index in [0.717, 1.165) is 11.4 Å². The highest BCUT2D eigenvalue weighted by Crippen LogP contribution is 2.42. The monoisotopic (exact) mass is 666 g/mol. The number of fused-ring (bicyclic) bond motifs is 7. The zero-order chi connectivity index (χ0) is 33.8. The Kier molecular flexibility index (Phi) is 6.86. The summed E-state index contributed by atoms with van der Waals surface area (Å²) in [5.41, 5.74) is 7.18. The molecular formula is C48H34N2Si. The number of benzene rings is 8. The molecule has 0 radical (unpaired) electrons. The van der Waals surface area contributed by atoms with Crippen molar-refractivity contribution in [1.82, 2.24) is 9.13 Å². The van der Waals surface area contributed by atoms with Crippen molar-refractivity contribution in [3.05, 3.63) is 206 Å². The van der Waals surface area contributed by atoms with Crippen LogP contribution in [0.5, 0.6) is 0 Å². The topological polar surface area (TPSA) is 9.86 Å². The standard InChI is InChI=1S/C48H34N2Si/c1-6-19-35(20-7-1)49-43-31-18-32-45(51(37-23-10-3-11-24-37,38-25-12-4-13-26-38)39-27-14-5-15-28-39)46(43)47-44(49)34-33-41-40-29-16-17-30-42(40)50(48(41)47)36-21-8-2-9-22-36/h1-34H. The van der Waals surface area contributed by atoms with Crippen molar-refractivity contribution >= 4 is 72.4 Å². The number of hydrogen-bond donors (Lipinski definition) is 0. The molecule has 0 aliphatic carbocycles. The first-order valence-electron chi connectivity index (χ1n) is 17.6. The Balaban J connectivity index is 1.50. The fraction of sp³-hybridized carbons (Fsp3) is 0. The maximum Gasteiger partial charge on any atom is 0.180 e. The number of para-hydroxylation sites is 3. The van der Waals surface area contributed by atoms with Crippen molar-refractivity contribution in [1.29, 1.82) is 0 Å². The van der Waals surface area contributed by atoms with Gasteiger partial charge in [0.25, 0.3) is 0 Å². The van der Waals surface area contributed by atoms with Crippen LogP contribution in [0.3, 0.4) is 0 Å². The summed E-state index contributed by atoms with van der Waals surface area (Å²) in [5, 5.41) is 10.6. The average Bonchev–Trinajstić information content (AvgIpc) is 3.74. The Labute approximate surface area is 298 Å². The molecule has 0 N–H and O–H groups in total. The first-order chi connectivity index (χ1) is 25.4. The summed E-state index contributed by atoms with van der Waals surface area (Å²) in [6.45, 7) is 0. The van der Waals surface area contributed by atoms with E-state index in [2.05, 4.69) is 215 Å². The summed E-state index contributed by atoms with van der Waals surface area (Å²) >= 11 is 0. The van der Waals surface area contributed by atoms with Gasteiger partial charge in [0.15, 0.2) is 8.07 Å². The van der Waals surface area contributed by atoms with E-state index in [-0.39, 0.29) is 0 Å². The summed E-state index contributed by atoms with van der Waals surface area (Å²) in [5.74, 6) is 0. The van der Waals surface area contributed by atoms with E-state index in [9.17, 15) is 0 Å². The highest BCUT2D eigenvalue weighted by atomic mass is 28.3. The van der Waals surface area contributed by atoms with Gasteiger partial charge in [-0.05, 0) is 63.2 Å². The number of nitrogens with zero attached hydrogens (tertiary/aromatic N) is 2. The van der Waals surface area contributed by atoms with Crippen LogP contribution in [-0.2, 0) is 0 Å². The molecule has 0 atom stereocenters. The third-order valence-corrected chi connectivity index (χ3v) is 15.5. The van der Waals surface area contributed by atoms with Crippen LogP contribution in [-0.4, -0.2) is 17.2 Å². The smallest absolute Gasteiger partial charge is 0.180 e. The van der Waals surface area contributed by atoms with Gasteiger partial charge in [0.1, 0.15) is 0 Å². The molecule has 0 saturated heterocycles. The SMILES string of the molecule is c1ccc(-n2c3cccc([Si](c4ccccc4)(c4ccccc4)c4ccccc4)c3c3c2ccc2c4ccccc4n(-c4ccccc4)c23)cc1. The Morgan fingerprint density at radius 3 is 1.31 bits per heavy atom. The van der Waals surface area contributed by atoms with Gasteiger partial charge in [-0.25, -0.2) is 0 Å². The minimum absolute atomic E-state index is 1.16. The predicted molar refractivity (Wildman–Crippen MR) is 219 cm³/mol. The molecule has 2 aromatic heterocycles. The van der Waals surface area contributed by atoms with Crippen molar-refractivity contribution in [3.63, 3.8) is 0 Å².